The van der Waals surface area contributed by atoms with Crippen molar-refractivity contribution in [2.24, 2.45) is 11.8 Å². The van der Waals surface area contributed by atoms with E-state index in [4.69, 9.17) is 0 Å². The molecule has 11 heavy (non-hydrogen) atoms. The lowest BCUT2D eigenvalue weighted by molar-refractivity contribution is -0.125. The monoisotopic (exact) mass is 158 g/mol. The van der Waals surface area contributed by atoms with Gasteiger partial charge in [-0.15, -0.1) is 0 Å². The number of hydrogen-bond donors (Lipinski definition) is 2. The van der Waals surface area contributed by atoms with Gasteiger partial charge in [0, 0.05) is 13.6 Å². The second-order valence-corrected chi connectivity index (χ2v) is 3.02. The molecular formula is C8H18N2O. The highest BCUT2D eigenvalue weighted by Crippen LogP contribution is 2.08. The van der Waals surface area contributed by atoms with Crippen LogP contribution in [0.4, 0.5) is 0 Å². The van der Waals surface area contributed by atoms with E-state index in [1.807, 2.05) is 7.05 Å². The van der Waals surface area contributed by atoms with Crippen molar-refractivity contribution >= 4 is 5.91 Å². The van der Waals surface area contributed by atoms with Crippen molar-refractivity contribution in [1.29, 1.82) is 0 Å². The Morgan fingerprint density at radius 2 is 1.91 bits per heavy atom. The molecule has 1 unspecified atom stereocenters. The maximum atomic E-state index is 11.2. The Bertz CT molecular complexity index is 123. The van der Waals surface area contributed by atoms with E-state index in [2.05, 4.69) is 24.5 Å². The predicted molar refractivity (Wildman–Crippen MR) is 46.3 cm³/mol. The maximum Gasteiger partial charge on any atom is 0.224 e. The highest BCUT2D eigenvalue weighted by molar-refractivity contribution is 5.78. The smallest absolute Gasteiger partial charge is 0.224 e. The second kappa shape index (κ2) is 5.13. The lowest BCUT2D eigenvalue weighted by atomic mass is 9.95. The van der Waals surface area contributed by atoms with Crippen molar-refractivity contribution in [3.63, 3.8) is 0 Å². The van der Waals surface area contributed by atoms with Gasteiger partial charge >= 0.3 is 0 Å². The molecule has 0 spiro atoms. The number of rotatable bonds is 4. The Morgan fingerprint density at radius 3 is 2.18 bits per heavy atom. The predicted octanol–water partition coefficient (Wildman–Crippen LogP) is 0.224. The zero-order valence-corrected chi connectivity index (χ0v) is 7.77. The summed E-state index contributed by atoms with van der Waals surface area (Å²) in [4.78, 5) is 11.2. The third-order valence-corrected chi connectivity index (χ3v) is 1.81. The SMILES string of the molecule is CNCC(C(=O)NC)C(C)C. The molecule has 0 rings (SSSR count). The molecule has 0 saturated heterocycles. The van der Waals surface area contributed by atoms with Gasteiger partial charge in [0.2, 0.25) is 5.91 Å². The molecule has 0 fully saturated rings. The van der Waals surface area contributed by atoms with Gasteiger partial charge in [0.15, 0.2) is 0 Å². The van der Waals surface area contributed by atoms with Crippen LogP contribution in [0.15, 0.2) is 0 Å². The first-order valence-electron chi connectivity index (χ1n) is 3.99. The van der Waals surface area contributed by atoms with Crippen molar-refractivity contribution in [1.82, 2.24) is 10.6 Å². The molecule has 3 heteroatoms. The Morgan fingerprint density at radius 1 is 1.36 bits per heavy atom. The Hall–Kier alpha value is -0.570. The molecule has 0 saturated carbocycles. The molecule has 2 N–H and O–H groups in total. The average molecular weight is 158 g/mol. The molecule has 66 valence electrons. The van der Waals surface area contributed by atoms with E-state index in [1.54, 1.807) is 7.05 Å². The van der Waals surface area contributed by atoms with Gasteiger partial charge in [-0.05, 0) is 13.0 Å². The first-order chi connectivity index (χ1) is 5.13. The molecule has 1 atom stereocenters. The summed E-state index contributed by atoms with van der Waals surface area (Å²) in [5.41, 5.74) is 0. The molecule has 0 heterocycles. The fraction of sp³-hybridized carbons (Fsp3) is 0.875. The first kappa shape index (κ1) is 10.4. The second-order valence-electron chi connectivity index (χ2n) is 3.02. The summed E-state index contributed by atoms with van der Waals surface area (Å²) in [6.45, 7) is 4.85. The van der Waals surface area contributed by atoms with Crippen LogP contribution in [0, 0.1) is 11.8 Å². The maximum absolute atomic E-state index is 11.2. The van der Waals surface area contributed by atoms with Gasteiger partial charge in [-0.1, -0.05) is 13.8 Å². The van der Waals surface area contributed by atoms with Crippen molar-refractivity contribution < 1.29 is 4.79 Å². The molecule has 0 bridgehead atoms. The van der Waals surface area contributed by atoms with Crippen molar-refractivity contribution in [2.45, 2.75) is 13.8 Å². The molecule has 0 aliphatic rings. The van der Waals surface area contributed by atoms with Crippen molar-refractivity contribution in [3.8, 4) is 0 Å². The van der Waals surface area contributed by atoms with Crippen LogP contribution in [0.25, 0.3) is 0 Å². The minimum Gasteiger partial charge on any atom is -0.359 e. The van der Waals surface area contributed by atoms with E-state index in [0.717, 1.165) is 6.54 Å². The van der Waals surface area contributed by atoms with Crippen LogP contribution in [-0.2, 0) is 4.79 Å². The van der Waals surface area contributed by atoms with E-state index < -0.39 is 0 Å². The highest BCUT2D eigenvalue weighted by Gasteiger charge is 2.19. The third-order valence-electron chi connectivity index (χ3n) is 1.81. The van der Waals surface area contributed by atoms with Crippen LogP contribution in [0.1, 0.15) is 13.8 Å². The molecule has 1 amide bonds. The third kappa shape index (κ3) is 3.37. The van der Waals surface area contributed by atoms with E-state index in [0.29, 0.717) is 5.92 Å². The lowest BCUT2D eigenvalue weighted by Crippen LogP contribution is -2.37. The first-order valence-corrected chi connectivity index (χ1v) is 3.99. The Labute approximate surface area is 68.6 Å². The standard InChI is InChI=1S/C8H18N2O/c1-6(2)7(5-9-3)8(11)10-4/h6-7,9H,5H2,1-4H3,(H,10,11). The van der Waals surface area contributed by atoms with Gasteiger partial charge in [0.25, 0.3) is 0 Å². The minimum atomic E-state index is 0.0880. The summed E-state index contributed by atoms with van der Waals surface area (Å²) in [6, 6.07) is 0. The summed E-state index contributed by atoms with van der Waals surface area (Å²) >= 11 is 0. The molecule has 0 radical (unpaired) electrons. The lowest BCUT2D eigenvalue weighted by Gasteiger charge is -2.18. The van der Waals surface area contributed by atoms with Gasteiger partial charge in [-0.2, -0.15) is 0 Å². The highest BCUT2D eigenvalue weighted by atomic mass is 16.1. The largest absolute Gasteiger partial charge is 0.359 e. The van der Waals surface area contributed by atoms with E-state index >= 15 is 0 Å². The summed E-state index contributed by atoms with van der Waals surface area (Å²) in [7, 11) is 3.53. The van der Waals surface area contributed by atoms with Gasteiger partial charge in [0.05, 0.1) is 5.92 Å². The van der Waals surface area contributed by atoms with E-state index in [9.17, 15) is 4.79 Å². The fourth-order valence-electron chi connectivity index (χ4n) is 1.04. The van der Waals surface area contributed by atoms with Crippen LogP contribution in [0.2, 0.25) is 0 Å². The van der Waals surface area contributed by atoms with E-state index in [1.165, 1.54) is 0 Å². The summed E-state index contributed by atoms with van der Waals surface area (Å²) in [6.07, 6.45) is 0. The normalized spacial score (nSPS) is 13.2. The van der Waals surface area contributed by atoms with E-state index in [-0.39, 0.29) is 11.8 Å². The quantitative estimate of drug-likeness (QED) is 0.614. The molecule has 0 aromatic carbocycles. The van der Waals surface area contributed by atoms with Crippen LogP contribution < -0.4 is 10.6 Å². The van der Waals surface area contributed by atoms with Crippen LogP contribution in [0.5, 0.6) is 0 Å². The van der Waals surface area contributed by atoms with Crippen molar-refractivity contribution in [2.75, 3.05) is 20.6 Å². The van der Waals surface area contributed by atoms with Gasteiger partial charge in [0.1, 0.15) is 0 Å². The zero-order valence-electron chi connectivity index (χ0n) is 7.77. The van der Waals surface area contributed by atoms with Crippen LogP contribution in [-0.4, -0.2) is 26.5 Å². The molecule has 0 aromatic rings. The van der Waals surface area contributed by atoms with Gasteiger partial charge in [-0.25, -0.2) is 0 Å². The summed E-state index contributed by atoms with van der Waals surface area (Å²) in [5.74, 6) is 0.599. The molecule has 0 aliphatic carbocycles. The Balaban J connectivity index is 3.98. The molecular weight excluding hydrogens is 140 g/mol. The Kier molecular flexibility index (Phi) is 4.86. The summed E-state index contributed by atoms with van der Waals surface area (Å²) < 4.78 is 0. The van der Waals surface area contributed by atoms with Crippen LogP contribution in [0.3, 0.4) is 0 Å². The fourth-order valence-corrected chi connectivity index (χ4v) is 1.04. The molecule has 0 aromatic heterocycles. The topological polar surface area (TPSA) is 41.1 Å². The van der Waals surface area contributed by atoms with Gasteiger partial charge < -0.3 is 10.6 Å². The number of amides is 1. The average Bonchev–Trinajstić information content (AvgIpc) is 1.98. The number of carbonyl (C=O) groups is 1. The zero-order chi connectivity index (χ0) is 8.85. The van der Waals surface area contributed by atoms with Crippen molar-refractivity contribution in [3.05, 3.63) is 0 Å². The summed E-state index contributed by atoms with van der Waals surface area (Å²) in [5, 5.41) is 5.66. The molecule has 0 aliphatic heterocycles. The van der Waals surface area contributed by atoms with Gasteiger partial charge in [-0.3, -0.25) is 4.79 Å². The van der Waals surface area contributed by atoms with Crippen LogP contribution >= 0.6 is 0 Å². The number of carbonyl (C=O) groups excluding carboxylic acids is 1. The number of nitrogens with one attached hydrogen (secondary N) is 2. The molecule has 3 nitrogen and oxygen atoms in total. The number of hydrogen-bond acceptors (Lipinski definition) is 2. The minimum absolute atomic E-state index is 0.0880.